The lowest BCUT2D eigenvalue weighted by atomic mass is 9.92. The van der Waals surface area contributed by atoms with Crippen molar-refractivity contribution >= 4 is 17.0 Å². The van der Waals surface area contributed by atoms with Crippen LogP contribution in [0.15, 0.2) is 12.1 Å². The summed E-state index contributed by atoms with van der Waals surface area (Å²) in [4.78, 5) is 4.28. The second-order valence-corrected chi connectivity index (χ2v) is 5.51. The van der Waals surface area contributed by atoms with Crippen LogP contribution in [0.1, 0.15) is 25.8 Å². The van der Waals surface area contributed by atoms with Gasteiger partial charge in [0, 0.05) is 31.4 Å². The predicted molar refractivity (Wildman–Crippen MR) is 78.9 cm³/mol. The summed E-state index contributed by atoms with van der Waals surface area (Å²) in [6.45, 7) is 3.68. The molecule has 0 bridgehead atoms. The maximum atomic E-state index is 13.8. The van der Waals surface area contributed by atoms with Crippen LogP contribution >= 0.6 is 0 Å². The van der Waals surface area contributed by atoms with Crippen LogP contribution in [-0.4, -0.2) is 29.9 Å². The number of methoxy groups -OCH3 is 1. The number of anilines is 1. The maximum Gasteiger partial charge on any atom is 0.201 e. The molecule has 2 heterocycles. The Hall–Kier alpha value is -1.82. The third-order valence-electron chi connectivity index (χ3n) is 4.35. The van der Waals surface area contributed by atoms with Gasteiger partial charge in [-0.05, 0) is 25.7 Å². The lowest BCUT2D eigenvalue weighted by molar-refractivity contribution is 0.0521. The molecule has 1 aliphatic rings. The van der Waals surface area contributed by atoms with Gasteiger partial charge in [-0.3, -0.25) is 0 Å². The topological polar surface area (TPSA) is 62.3 Å². The van der Waals surface area contributed by atoms with Crippen molar-refractivity contribution in [2.45, 2.75) is 25.8 Å². The number of imidazole rings is 1. The van der Waals surface area contributed by atoms with Gasteiger partial charge in [0.15, 0.2) is 11.6 Å². The van der Waals surface area contributed by atoms with Crippen LogP contribution < -0.4 is 10.5 Å². The van der Waals surface area contributed by atoms with Crippen molar-refractivity contribution in [3.63, 3.8) is 0 Å². The lowest BCUT2D eigenvalue weighted by Crippen LogP contribution is -2.24. The molecular formula is C15H20FN3O2. The fourth-order valence-corrected chi connectivity index (χ4v) is 3.11. The van der Waals surface area contributed by atoms with E-state index in [-0.39, 0.29) is 11.8 Å². The van der Waals surface area contributed by atoms with Crippen molar-refractivity contribution in [3.8, 4) is 5.75 Å². The number of aromatic nitrogens is 2. The highest BCUT2D eigenvalue weighted by atomic mass is 19.1. The van der Waals surface area contributed by atoms with Crippen LogP contribution in [-0.2, 0) is 4.74 Å². The highest BCUT2D eigenvalue weighted by Crippen LogP contribution is 2.34. The van der Waals surface area contributed by atoms with E-state index in [1.165, 1.54) is 13.2 Å². The summed E-state index contributed by atoms with van der Waals surface area (Å²) in [6.07, 6.45) is 2.00. The second kappa shape index (κ2) is 5.52. The van der Waals surface area contributed by atoms with E-state index in [4.69, 9.17) is 15.2 Å². The minimum atomic E-state index is -0.423. The van der Waals surface area contributed by atoms with Crippen LogP contribution in [0.5, 0.6) is 5.75 Å². The molecule has 1 atom stereocenters. The fourth-order valence-electron chi connectivity index (χ4n) is 3.11. The number of halogens is 1. The molecule has 0 radical (unpaired) electrons. The summed E-state index contributed by atoms with van der Waals surface area (Å²) < 4.78 is 26.2. The summed E-state index contributed by atoms with van der Waals surface area (Å²) in [6, 6.07) is 3.23. The zero-order valence-electron chi connectivity index (χ0n) is 12.3. The van der Waals surface area contributed by atoms with E-state index >= 15 is 0 Å². The molecule has 0 saturated carbocycles. The highest BCUT2D eigenvalue weighted by Gasteiger charge is 2.25. The van der Waals surface area contributed by atoms with Crippen molar-refractivity contribution in [1.82, 2.24) is 9.55 Å². The first-order chi connectivity index (χ1) is 10.1. The molecule has 1 unspecified atom stereocenters. The van der Waals surface area contributed by atoms with Crippen molar-refractivity contribution in [1.29, 1.82) is 0 Å². The molecule has 1 saturated heterocycles. The van der Waals surface area contributed by atoms with Gasteiger partial charge in [-0.1, -0.05) is 0 Å². The van der Waals surface area contributed by atoms with Crippen LogP contribution in [0.4, 0.5) is 10.3 Å². The number of hydrogen-bond acceptors (Lipinski definition) is 4. The molecule has 2 N–H and O–H groups in total. The summed E-state index contributed by atoms with van der Waals surface area (Å²) in [5.41, 5.74) is 7.43. The number of benzene rings is 1. The molecule has 1 aromatic heterocycles. The first-order valence-corrected chi connectivity index (χ1v) is 7.20. The monoisotopic (exact) mass is 293 g/mol. The van der Waals surface area contributed by atoms with Crippen LogP contribution in [0.2, 0.25) is 0 Å². The normalized spacial score (nSPS) is 18.0. The van der Waals surface area contributed by atoms with Crippen LogP contribution in [0.3, 0.4) is 0 Å². The standard InChI is InChI=1S/C15H20FN3O2/c1-9(10-3-5-21-6-4-10)19-13-8-14(20-2)11(16)7-12(13)18-15(19)17/h7-10H,3-6H2,1-2H3,(H2,17,18). The molecule has 114 valence electrons. The Morgan fingerprint density at radius 1 is 1.43 bits per heavy atom. The Morgan fingerprint density at radius 2 is 2.14 bits per heavy atom. The van der Waals surface area contributed by atoms with Gasteiger partial charge in [-0.15, -0.1) is 0 Å². The van der Waals surface area contributed by atoms with E-state index in [1.54, 1.807) is 6.07 Å². The molecule has 5 nitrogen and oxygen atoms in total. The lowest BCUT2D eigenvalue weighted by Gasteiger charge is -2.29. The van der Waals surface area contributed by atoms with Gasteiger partial charge in [-0.2, -0.15) is 0 Å². The Morgan fingerprint density at radius 3 is 2.81 bits per heavy atom. The molecule has 0 aliphatic carbocycles. The number of rotatable bonds is 3. The molecule has 1 aromatic carbocycles. The predicted octanol–water partition coefficient (Wildman–Crippen LogP) is 2.75. The maximum absolute atomic E-state index is 13.8. The molecule has 6 heteroatoms. The molecule has 1 fully saturated rings. The van der Waals surface area contributed by atoms with Crippen LogP contribution in [0, 0.1) is 11.7 Å². The number of nitrogens with zero attached hydrogens (tertiary/aromatic N) is 2. The summed E-state index contributed by atoms with van der Waals surface area (Å²) >= 11 is 0. The highest BCUT2D eigenvalue weighted by molar-refractivity contribution is 5.80. The quantitative estimate of drug-likeness (QED) is 0.945. The van der Waals surface area contributed by atoms with Gasteiger partial charge in [0.1, 0.15) is 0 Å². The Labute approximate surface area is 122 Å². The Balaban J connectivity index is 2.06. The van der Waals surface area contributed by atoms with Gasteiger partial charge in [0.2, 0.25) is 5.95 Å². The van der Waals surface area contributed by atoms with Crippen LogP contribution in [0.25, 0.3) is 11.0 Å². The number of fused-ring (bicyclic) bond motifs is 1. The number of nitrogen functional groups attached to an aromatic ring is 1. The number of ether oxygens (including phenoxy) is 2. The second-order valence-electron chi connectivity index (χ2n) is 5.51. The first-order valence-electron chi connectivity index (χ1n) is 7.20. The third-order valence-corrected chi connectivity index (χ3v) is 4.35. The summed E-state index contributed by atoms with van der Waals surface area (Å²) in [7, 11) is 1.45. The van der Waals surface area contributed by atoms with Gasteiger partial charge >= 0.3 is 0 Å². The van der Waals surface area contributed by atoms with E-state index in [9.17, 15) is 4.39 Å². The molecule has 0 amide bonds. The average molecular weight is 293 g/mol. The Bertz CT molecular complexity index is 650. The minimum absolute atomic E-state index is 0.189. The van der Waals surface area contributed by atoms with Crippen molar-refractivity contribution in [3.05, 3.63) is 17.9 Å². The van der Waals surface area contributed by atoms with Crippen molar-refractivity contribution < 1.29 is 13.9 Å². The van der Waals surface area contributed by atoms with E-state index in [2.05, 4.69) is 11.9 Å². The number of hydrogen-bond donors (Lipinski definition) is 1. The molecule has 1 aliphatic heterocycles. The van der Waals surface area contributed by atoms with E-state index in [0.29, 0.717) is 17.4 Å². The Kier molecular flexibility index (Phi) is 3.71. The van der Waals surface area contributed by atoms with Gasteiger partial charge in [-0.25, -0.2) is 9.37 Å². The van der Waals surface area contributed by atoms with Gasteiger partial charge < -0.3 is 19.8 Å². The minimum Gasteiger partial charge on any atom is -0.494 e. The van der Waals surface area contributed by atoms with Crippen molar-refractivity contribution in [2.75, 3.05) is 26.1 Å². The van der Waals surface area contributed by atoms with E-state index < -0.39 is 5.82 Å². The fraction of sp³-hybridized carbons (Fsp3) is 0.533. The number of nitrogens with two attached hydrogens (primary N) is 1. The molecule has 0 spiro atoms. The SMILES string of the molecule is COc1cc2c(cc1F)nc(N)n2C(C)C1CCOCC1. The van der Waals surface area contributed by atoms with E-state index in [1.807, 2.05) is 4.57 Å². The average Bonchev–Trinajstić information content (AvgIpc) is 2.81. The first kappa shape index (κ1) is 14.1. The molecular weight excluding hydrogens is 273 g/mol. The largest absolute Gasteiger partial charge is 0.494 e. The van der Waals surface area contributed by atoms with E-state index in [0.717, 1.165) is 31.6 Å². The molecule has 2 aromatic rings. The van der Waals surface area contributed by atoms with Crippen molar-refractivity contribution in [2.24, 2.45) is 5.92 Å². The third kappa shape index (κ3) is 2.44. The zero-order valence-corrected chi connectivity index (χ0v) is 12.3. The summed E-state index contributed by atoms with van der Waals surface area (Å²) in [5.74, 6) is 0.683. The van der Waals surface area contributed by atoms with Gasteiger partial charge in [0.05, 0.1) is 18.1 Å². The zero-order chi connectivity index (χ0) is 15.0. The molecule has 3 rings (SSSR count). The van der Waals surface area contributed by atoms with Gasteiger partial charge in [0.25, 0.3) is 0 Å². The smallest absolute Gasteiger partial charge is 0.201 e. The molecule has 21 heavy (non-hydrogen) atoms. The summed E-state index contributed by atoms with van der Waals surface area (Å²) in [5, 5.41) is 0.